The van der Waals surface area contributed by atoms with Crippen LogP contribution in [0.2, 0.25) is 0 Å². The Balaban J connectivity index is 1.89. The van der Waals surface area contributed by atoms with E-state index in [0.717, 1.165) is 10.4 Å². The fourth-order valence-corrected chi connectivity index (χ4v) is 4.82. The summed E-state index contributed by atoms with van der Waals surface area (Å²) in [4.78, 5) is 5.38. The van der Waals surface area contributed by atoms with Crippen molar-refractivity contribution >= 4 is 27.3 Å². The van der Waals surface area contributed by atoms with E-state index in [9.17, 15) is 13.5 Å². The van der Waals surface area contributed by atoms with E-state index in [2.05, 4.69) is 20.3 Å². The molecule has 0 saturated carbocycles. The first-order chi connectivity index (χ1) is 13.2. The van der Waals surface area contributed by atoms with Crippen molar-refractivity contribution in [1.82, 2.24) is 15.4 Å². The van der Waals surface area contributed by atoms with Crippen molar-refractivity contribution in [3.63, 3.8) is 0 Å². The summed E-state index contributed by atoms with van der Waals surface area (Å²) in [7, 11) is -3.49. The third kappa shape index (κ3) is 6.59. The van der Waals surface area contributed by atoms with Crippen LogP contribution in [0.5, 0.6) is 0 Å². The number of sulfonamides is 1. The molecule has 0 aliphatic heterocycles. The molecule has 1 aromatic carbocycles. The van der Waals surface area contributed by atoms with Crippen molar-refractivity contribution in [3.05, 3.63) is 52.9 Å². The molecule has 0 aliphatic rings. The Morgan fingerprint density at radius 2 is 1.86 bits per heavy atom. The molecule has 2 aromatic rings. The molecule has 1 heterocycles. The van der Waals surface area contributed by atoms with Crippen molar-refractivity contribution < 1.29 is 13.5 Å². The molecule has 4 N–H and O–H groups in total. The summed E-state index contributed by atoms with van der Waals surface area (Å²) in [6.45, 7) is 6.93. The number of aliphatic hydroxyl groups is 1. The number of benzene rings is 1. The van der Waals surface area contributed by atoms with Crippen molar-refractivity contribution in [3.8, 4) is 0 Å². The summed E-state index contributed by atoms with van der Waals surface area (Å²) in [6, 6.07) is 12.7. The Morgan fingerprint density at radius 1 is 1.14 bits per heavy atom. The Kier molecular flexibility index (Phi) is 7.99. The van der Waals surface area contributed by atoms with Crippen LogP contribution < -0.4 is 15.4 Å². The molecule has 1 aromatic heterocycles. The number of aliphatic imine (C=N–C) groups is 1. The zero-order chi connectivity index (χ0) is 20.6. The second kappa shape index (κ2) is 10.0. The fraction of sp³-hybridized carbons (Fsp3) is 0.421. The van der Waals surface area contributed by atoms with E-state index in [1.165, 1.54) is 11.3 Å². The lowest BCUT2D eigenvalue weighted by atomic mass is 9.96. The summed E-state index contributed by atoms with van der Waals surface area (Å²) in [5, 5.41) is 16.8. The van der Waals surface area contributed by atoms with Gasteiger partial charge in [-0.1, -0.05) is 30.3 Å². The molecular formula is C19H28N4O3S2. The number of hydrogen-bond donors (Lipinski definition) is 4. The molecule has 28 heavy (non-hydrogen) atoms. The van der Waals surface area contributed by atoms with Gasteiger partial charge in [0.1, 0.15) is 9.81 Å². The minimum atomic E-state index is -3.49. The summed E-state index contributed by atoms with van der Waals surface area (Å²) < 4.78 is 27.3. The van der Waals surface area contributed by atoms with E-state index < -0.39 is 15.6 Å². The van der Waals surface area contributed by atoms with Gasteiger partial charge in [-0.25, -0.2) is 18.1 Å². The van der Waals surface area contributed by atoms with Gasteiger partial charge < -0.3 is 15.7 Å². The molecule has 0 spiro atoms. The van der Waals surface area contributed by atoms with Gasteiger partial charge >= 0.3 is 0 Å². The van der Waals surface area contributed by atoms with Crippen LogP contribution in [0.1, 0.15) is 24.3 Å². The fourth-order valence-electron chi connectivity index (χ4n) is 2.46. The highest BCUT2D eigenvalue weighted by Crippen LogP contribution is 2.21. The minimum Gasteiger partial charge on any atom is -0.384 e. The van der Waals surface area contributed by atoms with Gasteiger partial charge in [0.25, 0.3) is 0 Å². The second-order valence-electron chi connectivity index (χ2n) is 6.52. The largest absolute Gasteiger partial charge is 0.384 e. The van der Waals surface area contributed by atoms with Crippen LogP contribution >= 0.6 is 11.3 Å². The Hall–Kier alpha value is -1.94. The number of hydrogen-bond acceptors (Lipinski definition) is 5. The average molecular weight is 425 g/mol. The van der Waals surface area contributed by atoms with Crippen LogP contribution in [0, 0.1) is 6.92 Å². The summed E-state index contributed by atoms with van der Waals surface area (Å²) in [5.41, 5.74) is -0.309. The van der Waals surface area contributed by atoms with Gasteiger partial charge in [0.05, 0.1) is 6.54 Å². The smallest absolute Gasteiger partial charge is 0.250 e. The van der Waals surface area contributed by atoms with Gasteiger partial charge in [-0.3, -0.25) is 0 Å². The first-order valence-corrected chi connectivity index (χ1v) is 11.4. The van der Waals surface area contributed by atoms with Gasteiger partial charge in [0, 0.05) is 24.5 Å². The van der Waals surface area contributed by atoms with Crippen molar-refractivity contribution in [1.29, 1.82) is 0 Å². The van der Waals surface area contributed by atoms with Crippen LogP contribution in [0.25, 0.3) is 0 Å². The lowest BCUT2D eigenvalue weighted by Gasteiger charge is -2.22. The third-order valence-corrected chi connectivity index (χ3v) is 6.93. The quantitative estimate of drug-likeness (QED) is 0.279. The highest BCUT2D eigenvalue weighted by Gasteiger charge is 2.22. The summed E-state index contributed by atoms with van der Waals surface area (Å²) >= 11 is 1.24. The molecule has 0 amide bonds. The van der Waals surface area contributed by atoms with Gasteiger partial charge in [0.15, 0.2) is 5.96 Å². The van der Waals surface area contributed by atoms with Crippen molar-refractivity contribution in [2.75, 3.05) is 26.2 Å². The van der Waals surface area contributed by atoms with Crippen molar-refractivity contribution in [2.45, 2.75) is 30.6 Å². The lowest BCUT2D eigenvalue weighted by molar-refractivity contribution is 0.0672. The Labute approximate surface area is 171 Å². The number of aryl methyl sites for hydroxylation is 1. The first-order valence-electron chi connectivity index (χ1n) is 9.11. The number of guanidine groups is 1. The van der Waals surface area contributed by atoms with Gasteiger partial charge in [-0.05, 0) is 38.5 Å². The van der Waals surface area contributed by atoms with E-state index in [0.29, 0.717) is 23.3 Å². The molecule has 154 valence electrons. The maximum Gasteiger partial charge on any atom is 0.250 e. The molecule has 0 fully saturated rings. The SMILES string of the molecule is CCNC(=NCC(C)(O)c1ccccc1)NCCNS(=O)(=O)c1ccc(C)s1. The number of rotatable bonds is 9. The molecule has 2 rings (SSSR count). The maximum absolute atomic E-state index is 12.2. The molecule has 1 atom stereocenters. The average Bonchev–Trinajstić information content (AvgIpc) is 3.11. The molecule has 0 aliphatic carbocycles. The van der Waals surface area contributed by atoms with Crippen LogP contribution in [-0.2, 0) is 15.6 Å². The molecular weight excluding hydrogens is 396 g/mol. The Morgan fingerprint density at radius 3 is 2.46 bits per heavy atom. The maximum atomic E-state index is 12.2. The van der Waals surface area contributed by atoms with Gasteiger partial charge in [-0.15, -0.1) is 11.3 Å². The predicted octanol–water partition coefficient (Wildman–Crippen LogP) is 1.80. The molecule has 0 radical (unpaired) electrons. The van der Waals surface area contributed by atoms with Crippen LogP contribution in [0.4, 0.5) is 0 Å². The summed E-state index contributed by atoms with van der Waals surface area (Å²) in [5.74, 6) is 0.518. The van der Waals surface area contributed by atoms with Crippen molar-refractivity contribution in [2.24, 2.45) is 4.99 Å². The molecule has 7 nitrogen and oxygen atoms in total. The Bertz CT molecular complexity index is 878. The number of nitrogens with zero attached hydrogens (tertiary/aromatic N) is 1. The van der Waals surface area contributed by atoms with Gasteiger partial charge in [0.2, 0.25) is 10.0 Å². The third-order valence-electron chi connectivity index (χ3n) is 3.98. The molecule has 9 heteroatoms. The second-order valence-corrected chi connectivity index (χ2v) is 9.81. The highest BCUT2D eigenvalue weighted by molar-refractivity contribution is 7.91. The summed E-state index contributed by atoms with van der Waals surface area (Å²) in [6.07, 6.45) is 0. The number of nitrogens with one attached hydrogen (secondary N) is 3. The van der Waals surface area contributed by atoms with E-state index in [1.807, 2.05) is 44.2 Å². The van der Waals surface area contributed by atoms with Crippen LogP contribution in [0.15, 0.2) is 51.7 Å². The van der Waals surface area contributed by atoms with Crippen LogP contribution in [0.3, 0.4) is 0 Å². The van der Waals surface area contributed by atoms with E-state index in [-0.39, 0.29) is 13.1 Å². The molecule has 0 saturated heterocycles. The highest BCUT2D eigenvalue weighted by atomic mass is 32.2. The van der Waals surface area contributed by atoms with E-state index >= 15 is 0 Å². The van der Waals surface area contributed by atoms with Gasteiger partial charge in [-0.2, -0.15) is 0 Å². The topological polar surface area (TPSA) is 103 Å². The zero-order valence-corrected chi connectivity index (χ0v) is 18.0. The van der Waals surface area contributed by atoms with E-state index in [4.69, 9.17) is 0 Å². The first kappa shape index (κ1) is 22.4. The molecule has 1 unspecified atom stereocenters. The normalized spacial score (nSPS) is 14.5. The monoisotopic (exact) mass is 424 g/mol. The number of thiophene rings is 1. The molecule has 0 bridgehead atoms. The minimum absolute atomic E-state index is 0.173. The van der Waals surface area contributed by atoms with E-state index in [1.54, 1.807) is 19.1 Å². The standard InChI is InChI=1S/C19H28N4O3S2/c1-4-20-18(22-14-19(3,24)16-8-6-5-7-9-16)21-12-13-23-28(25,26)17-11-10-15(2)27-17/h5-11,23-24H,4,12-14H2,1-3H3,(H2,20,21,22). The zero-order valence-electron chi connectivity index (χ0n) is 16.4. The predicted molar refractivity (Wildman–Crippen MR) is 114 cm³/mol. The lowest BCUT2D eigenvalue weighted by Crippen LogP contribution is -2.42. The van der Waals surface area contributed by atoms with Crippen LogP contribution in [-0.4, -0.2) is 45.7 Å².